The molecule has 0 aliphatic heterocycles. The molecule has 764 valence electrons. The van der Waals surface area contributed by atoms with Gasteiger partial charge < -0.3 is 72.0 Å². The van der Waals surface area contributed by atoms with Gasteiger partial charge in [0.15, 0.2) is 0 Å². The lowest BCUT2D eigenvalue weighted by atomic mass is 10.1. The van der Waals surface area contributed by atoms with Crippen molar-refractivity contribution in [2.24, 2.45) is 11.5 Å². The average molecular weight is 2380 g/mol. The summed E-state index contributed by atoms with van der Waals surface area (Å²) in [4.78, 5) is 170. The molecule has 20 aromatic heterocycles. The Kier molecular flexibility index (Phi) is 35.1. The Hall–Kier alpha value is -12.4. The number of carboxylic acid groups (broad SMARTS) is 10. The first-order valence-corrected chi connectivity index (χ1v) is 60.5. The van der Waals surface area contributed by atoms with Gasteiger partial charge in [-0.2, -0.15) is 0 Å². The first-order chi connectivity index (χ1) is 72.1. The zero-order valence-electron chi connectivity index (χ0n) is 77.2. The van der Waals surface area contributed by atoms with Crippen LogP contribution in [0.1, 0.15) is 103 Å². The van der Waals surface area contributed by atoms with Crippen molar-refractivity contribution in [3.8, 4) is 156 Å². The quantitative estimate of drug-likeness (QED) is 0.0160. The minimum atomic E-state index is -1.02. The maximum absolute atomic E-state index is 12.2. The van der Waals surface area contributed by atoms with E-state index in [4.69, 9.17) is 20.9 Å². The molecule has 0 saturated heterocycles. The fraction of sp³-hybridized carbons (Fsp3) is 0.115. The normalized spacial score (nSPS) is 11.1. The molecule has 0 aliphatic rings. The molecule has 0 spiro atoms. The minimum absolute atomic E-state index is 0.0315. The van der Waals surface area contributed by atoms with Crippen LogP contribution in [-0.4, -0.2) is 150 Å². The minimum Gasteiger partial charge on any atom is -0.481 e. The van der Waals surface area contributed by atoms with Crippen molar-refractivity contribution in [1.82, 2.24) is 0 Å². The summed E-state index contributed by atoms with van der Waals surface area (Å²) in [6.45, 7) is 1.06. The topological polar surface area (TPSA) is 478 Å². The summed E-state index contributed by atoms with van der Waals surface area (Å²) in [5.41, 5.74) is 18.5. The third-order valence-corrected chi connectivity index (χ3v) is 46.8. The van der Waals surface area contributed by atoms with Gasteiger partial charge in [0.25, 0.3) is 0 Å². The molecule has 0 fully saturated rings. The summed E-state index contributed by atoms with van der Waals surface area (Å²) < 4.78 is 9.82. The van der Waals surface area contributed by atoms with Gasteiger partial charge in [0.05, 0.1) is 52.7 Å². The van der Waals surface area contributed by atoms with Crippen LogP contribution in [-0.2, 0) is 89.6 Å². The fourth-order valence-electron chi connectivity index (χ4n) is 15.3. The van der Waals surface area contributed by atoms with Crippen molar-refractivity contribution < 1.29 is 118 Å². The molecule has 26 nitrogen and oxygen atoms in total. The Morgan fingerprint density at radius 1 is 0.207 bits per heavy atom. The number of rotatable bonds is 38. The molecule has 0 aliphatic carbocycles. The predicted molar refractivity (Wildman–Crippen MR) is 614 cm³/mol. The third-order valence-electron chi connectivity index (χ3n) is 21.9. The summed E-state index contributed by atoms with van der Waals surface area (Å²) in [6, 6.07) is 59.7. The number of carbonyl (C=O) groups excluding carboxylic acids is 2. The molecule has 0 radical (unpaired) electrons. The van der Waals surface area contributed by atoms with Crippen molar-refractivity contribution in [2.75, 3.05) is 27.3 Å². The molecule has 20 rings (SSSR count). The standard InChI is InChI=1S/C28H20O8S5.C26H22N2O4S5.C26H16O8S5.C24H16O4S5/c1-35-23(29)11-13-9-21(15-3-7-19(37-15)27(31)32)40-25(13)17-5-6-18(39-17)26-14(12-24(30)36-2)10-22(41-26)16-4-8-20(38-16)28(33)34;27-9-7-13-11-21(15-1-5-19(33-15)25(29)30)36-23(13)17-3-4-18(35-17)24-14(8-10-28)12-22(37-24)16-2-6-20(34-16)26(31)32;27-21(28)9-11-7-19(13-1-5-17(35-13)25(31)32)38-23(11)15-3-4-16(37-15)24-12(10-22(29)30)8-20(39-24)14-2-6-18(36-14)26(33)34;25-21(26)11-13-9-19(15-3-1-7-29-15)32-23(13)17-5-6-18(31-17)24-14(12-22(27)28)10-20(33-24)16-4-2-8-30-16/h3-10H,11-12H2,1-2H3,(H,31,32)(H,33,34);1-6,11-12H,7-10,27-28H2,(H,29,30)(H,31,32);1-8H,9-10H2,(H,27,28)(H,29,30)(H,31,32)(H,33,34);1-10H,11-12H2,(H,25,26)(H,27,28). The van der Waals surface area contributed by atoms with E-state index in [9.17, 15) is 109 Å². The molecule has 0 aromatic carbocycles. The third kappa shape index (κ3) is 25.6. The zero-order valence-corrected chi connectivity index (χ0v) is 93.5. The number of methoxy groups -OCH3 is 2. The van der Waals surface area contributed by atoms with E-state index in [0.717, 1.165) is 225 Å². The molecule has 14 N–H and O–H groups in total. The second-order valence-corrected chi connectivity index (χ2v) is 53.2. The summed E-state index contributed by atoms with van der Waals surface area (Å²) >= 11 is 28.9. The van der Waals surface area contributed by atoms with E-state index in [2.05, 4.69) is 24.3 Å². The summed E-state index contributed by atoms with van der Waals surface area (Å²) in [7, 11) is 2.67. The van der Waals surface area contributed by atoms with Crippen LogP contribution in [0.2, 0.25) is 0 Å². The van der Waals surface area contributed by atoms with Crippen LogP contribution in [0, 0.1) is 0 Å². The number of hydrogen-bond donors (Lipinski definition) is 12. The summed E-state index contributed by atoms with van der Waals surface area (Å²) in [5.74, 6) is -10.3. The molecule has 0 atom stereocenters. The van der Waals surface area contributed by atoms with E-state index in [1.165, 1.54) is 140 Å². The lowest BCUT2D eigenvalue weighted by molar-refractivity contribution is -0.140. The molecule has 0 amide bonds. The van der Waals surface area contributed by atoms with Crippen molar-refractivity contribution >= 4 is 298 Å². The van der Waals surface area contributed by atoms with Crippen LogP contribution in [0.25, 0.3) is 156 Å². The smallest absolute Gasteiger partial charge is 0.345 e. The molecule has 0 unspecified atom stereocenters. The van der Waals surface area contributed by atoms with Crippen LogP contribution < -0.4 is 11.5 Å². The summed E-state index contributed by atoms with van der Waals surface area (Å²) in [6.07, 6.45) is 1.14. The van der Waals surface area contributed by atoms with Crippen LogP contribution in [0.3, 0.4) is 0 Å². The van der Waals surface area contributed by atoms with Crippen LogP contribution >= 0.6 is 227 Å². The van der Waals surface area contributed by atoms with Crippen molar-refractivity contribution in [2.45, 2.75) is 51.4 Å². The monoisotopic (exact) mass is 2370 g/mol. The highest BCUT2D eigenvalue weighted by molar-refractivity contribution is 7.34. The zero-order chi connectivity index (χ0) is 106. The molecule has 0 bridgehead atoms. The van der Waals surface area contributed by atoms with Crippen LogP contribution in [0.5, 0.6) is 0 Å². The number of nitrogens with two attached hydrogens (primary N) is 2. The average Bonchev–Trinajstić information content (AvgIpc) is 1.61. The van der Waals surface area contributed by atoms with Crippen molar-refractivity contribution in [3.63, 3.8) is 0 Å². The van der Waals surface area contributed by atoms with E-state index in [1.54, 1.807) is 151 Å². The Balaban J connectivity index is 0.000000136. The number of carbonyl (C=O) groups is 12. The molecule has 20 aromatic rings. The Morgan fingerprint density at radius 2 is 0.380 bits per heavy atom. The maximum atomic E-state index is 12.2. The number of esters is 2. The van der Waals surface area contributed by atoms with Gasteiger partial charge in [-0.1, -0.05) is 12.1 Å². The van der Waals surface area contributed by atoms with E-state index in [1.807, 2.05) is 108 Å². The number of ether oxygens (including phenoxy) is 2. The molecular weight excluding hydrogens is 2300 g/mol. The predicted octanol–water partition coefficient (Wildman–Crippen LogP) is 29.8. The van der Waals surface area contributed by atoms with Gasteiger partial charge in [-0.05, 0) is 263 Å². The van der Waals surface area contributed by atoms with Crippen molar-refractivity contribution in [1.29, 1.82) is 0 Å². The fourth-order valence-corrected chi connectivity index (χ4v) is 37.2. The lowest BCUT2D eigenvalue weighted by Crippen LogP contribution is -2.04. The highest BCUT2D eigenvalue weighted by Crippen LogP contribution is 2.55. The van der Waals surface area contributed by atoms with Gasteiger partial charge in [0, 0.05) is 156 Å². The Bertz CT molecular complexity index is 7990. The van der Waals surface area contributed by atoms with E-state index in [-0.39, 0.29) is 70.0 Å². The second-order valence-electron chi connectivity index (χ2n) is 32.0. The molecular formula is C104H74N2O24S20. The summed E-state index contributed by atoms with van der Waals surface area (Å²) in [5, 5.41) is 97.7. The molecule has 20 heterocycles. The van der Waals surface area contributed by atoms with Crippen molar-refractivity contribution in [3.05, 3.63) is 279 Å². The second kappa shape index (κ2) is 48.5. The van der Waals surface area contributed by atoms with Gasteiger partial charge in [-0.3, -0.25) is 28.8 Å². The maximum Gasteiger partial charge on any atom is 0.345 e. The first kappa shape index (κ1) is 109. The molecule has 46 heteroatoms. The van der Waals surface area contributed by atoms with E-state index >= 15 is 0 Å². The number of carboxylic acids is 10. The lowest BCUT2D eigenvalue weighted by Gasteiger charge is -2.02. The van der Waals surface area contributed by atoms with Gasteiger partial charge in [0.1, 0.15) is 29.3 Å². The molecule has 0 saturated carbocycles. The highest BCUT2D eigenvalue weighted by atomic mass is 32.2. The Labute approximate surface area is 931 Å². The van der Waals surface area contributed by atoms with Crippen LogP contribution in [0.4, 0.5) is 0 Å². The number of aromatic carboxylic acids is 6. The van der Waals surface area contributed by atoms with E-state index < -0.39 is 59.7 Å². The largest absolute Gasteiger partial charge is 0.481 e. The first-order valence-electron chi connectivity index (χ1n) is 44.0. The van der Waals surface area contributed by atoms with Crippen LogP contribution in [0.15, 0.2) is 205 Å². The molecule has 150 heavy (non-hydrogen) atoms. The SMILES string of the molecule is COC(=O)Cc1cc(-c2ccc(C(=O)O)s2)sc1-c1ccc(-c2sc(-c3ccc(C(=O)O)s3)cc2CC(=O)OC)s1.NCCc1cc(-c2ccc(C(=O)O)s2)sc1-c1ccc(-c2sc(-c3ccc(C(=O)O)s3)cc2CCN)s1.O=C(O)Cc1cc(-c2ccc(C(=O)O)s2)sc1-c1ccc(-c2sc(-c3ccc(C(=O)O)s3)cc2CC(=O)O)s1.O=C(O)Cc1cc(-c2cccs2)sc1-c1ccc(-c2sc(-c3cccs3)cc2CC(=O)O)s1. The number of hydrogen-bond acceptors (Lipinski definition) is 36. The number of aliphatic carboxylic acids is 4. The van der Waals surface area contributed by atoms with E-state index in [0.29, 0.717) is 34.0 Å². The number of thiophene rings is 20. The van der Waals surface area contributed by atoms with Gasteiger partial charge >= 0.3 is 71.6 Å². The van der Waals surface area contributed by atoms with Gasteiger partial charge in [-0.15, -0.1) is 227 Å². The van der Waals surface area contributed by atoms with Gasteiger partial charge in [-0.25, -0.2) is 28.8 Å². The highest BCUT2D eigenvalue weighted by Gasteiger charge is 2.30. The van der Waals surface area contributed by atoms with Gasteiger partial charge in [0.2, 0.25) is 0 Å². The Morgan fingerprint density at radius 3 is 0.540 bits per heavy atom.